The highest BCUT2D eigenvalue weighted by atomic mass is 16.6. The third-order valence-electron chi connectivity index (χ3n) is 9.65. The maximum Gasteiger partial charge on any atom is 0.306 e. The minimum absolute atomic E-state index is 0.101. The molecule has 0 aliphatic heterocycles. The molecule has 0 aliphatic carbocycles. The highest BCUT2D eigenvalue weighted by molar-refractivity contribution is 5.71. The van der Waals surface area contributed by atoms with Gasteiger partial charge in [0.1, 0.15) is 13.2 Å². The summed E-state index contributed by atoms with van der Waals surface area (Å²) in [6.45, 7) is 6.32. The molecule has 0 rings (SSSR count). The highest BCUT2D eigenvalue weighted by Crippen LogP contribution is 2.13. The van der Waals surface area contributed by atoms with Crippen LogP contribution in [0.15, 0.2) is 85.1 Å². The van der Waals surface area contributed by atoms with E-state index in [4.69, 9.17) is 14.2 Å². The third kappa shape index (κ3) is 43.7. The summed E-state index contributed by atoms with van der Waals surface area (Å²) in [7, 11) is 0. The van der Waals surface area contributed by atoms with Gasteiger partial charge in [-0.05, 0) is 83.5 Å². The van der Waals surface area contributed by atoms with Crippen molar-refractivity contribution in [1.82, 2.24) is 0 Å². The second-order valence-electron chi connectivity index (χ2n) is 15.3. The van der Waals surface area contributed by atoms with E-state index < -0.39 is 6.10 Å². The van der Waals surface area contributed by atoms with Crippen LogP contribution in [0.4, 0.5) is 0 Å². The molecule has 0 saturated heterocycles. The van der Waals surface area contributed by atoms with Crippen LogP contribution in [0.3, 0.4) is 0 Å². The molecule has 0 N–H and O–H groups in total. The Morgan fingerprint density at radius 2 is 0.690 bits per heavy atom. The molecular formula is C52H86O6. The highest BCUT2D eigenvalue weighted by Gasteiger charge is 2.19. The number of carbonyl (C=O) groups is 3. The van der Waals surface area contributed by atoms with Gasteiger partial charge in [0.15, 0.2) is 6.10 Å². The monoisotopic (exact) mass is 807 g/mol. The fourth-order valence-electron chi connectivity index (χ4n) is 6.16. The number of ether oxygens (including phenoxy) is 3. The van der Waals surface area contributed by atoms with Crippen LogP contribution in [0.2, 0.25) is 0 Å². The van der Waals surface area contributed by atoms with Gasteiger partial charge in [0.05, 0.1) is 0 Å². The maximum atomic E-state index is 12.7. The van der Waals surface area contributed by atoms with E-state index in [1.54, 1.807) is 0 Å². The van der Waals surface area contributed by atoms with E-state index in [1.807, 2.05) is 0 Å². The number of rotatable bonds is 41. The molecule has 0 amide bonds. The zero-order valence-electron chi connectivity index (χ0n) is 37.5. The van der Waals surface area contributed by atoms with Crippen LogP contribution in [-0.4, -0.2) is 37.2 Å². The van der Waals surface area contributed by atoms with Crippen LogP contribution < -0.4 is 0 Å². The quantitative estimate of drug-likeness (QED) is 0.0265. The first-order valence-corrected chi connectivity index (χ1v) is 23.6. The van der Waals surface area contributed by atoms with Crippen molar-refractivity contribution in [1.29, 1.82) is 0 Å². The topological polar surface area (TPSA) is 78.9 Å². The molecule has 0 aromatic carbocycles. The zero-order chi connectivity index (χ0) is 42.3. The van der Waals surface area contributed by atoms with E-state index in [0.29, 0.717) is 19.3 Å². The lowest BCUT2D eigenvalue weighted by Gasteiger charge is -2.18. The predicted molar refractivity (Wildman–Crippen MR) is 247 cm³/mol. The average molecular weight is 807 g/mol. The Bertz CT molecular complexity index is 1160. The molecule has 0 saturated carbocycles. The van der Waals surface area contributed by atoms with Crippen LogP contribution in [0.1, 0.15) is 207 Å². The lowest BCUT2D eigenvalue weighted by atomic mass is 10.1. The molecule has 0 bridgehead atoms. The number of esters is 3. The largest absolute Gasteiger partial charge is 0.462 e. The van der Waals surface area contributed by atoms with Crippen molar-refractivity contribution >= 4 is 17.9 Å². The molecule has 0 aliphatic rings. The molecule has 6 nitrogen and oxygen atoms in total. The van der Waals surface area contributed by atoms with Crippen molar-refractivity contribution in [2.45, 2.75) is 213 Å². The Balaban J connectivity index is 4.40. The maximum absolute atomic E-state index is 12.7. The van der Waals surface area contributed by atoms with Gasteiger partial charge in [0, 0.05) is 19.3 Å². The predicted octanol–water partition coefficient (Wildman–Crippen LogP) is 15.3. The molecule has 0 heterocycles. The van der Waals surface area contributed by atoms with Gasteiger partial charge >= 0.3 is 17.9 Å². The van der Waals surface area contributed by atoms with Crippen molar-refractivity contribution in [3.05, 3.63) is 85.1 Å². The third-order valence-corrected chi connectivity index (χ3v) is 9.65. The van der Waals surface area contributed by atoms with Gasteiger partial charge in [-0.2, -0.15) is 0 Å². The first-order chi connectivity index (χ1) is 28.5. The fraction of sp³-hybridized carbons (Fsp3) is 0.673. The minimum Gasteiger partial charge on any atom is -0.462 e. The second kappa shape index (κ2) is 46.3. The number of hydrogen-bond acceptors (Lipinski definition) is 6. The van der Waals surface area contributed by atoms with Crippen LogP contribution in [-0.2, 0) is 28.6 Å². The van der Waals surface area contributed by atoms with Crippen LogP contribution >= 0.6 is 0 Å². The summed E-state index contributed by atoms with van der Waals surface area (Å²) in [5.41, 5.74) is 0. The van der Waals surface area contributed by atoms with E-state index in [0.717, 1.165) is 103 Å². The summed E-state index contributed by atoms with van der Waals surface area (Å²) in [5, 5.41) is 0. The van der Waals surface area contributed by atoms with E-state index >= 15 is 0 Å². The SMILES string of the molecule is CC/C=C\C/C=C\C/C=C\C/C=C\CCCCCCCCC(=O)OCC(COC(=O)CCCCCCCCCCCC)OC(=O)CCC/C=C\C/C=C\C/C=C\CC. The van der Waals surface area contributed by atoms with Crippen LogP contribution in [0.5, 0.6) is 0 Å². The molecule has 0 spiro atoms. The van der Waals surface area contributed by atoms with Gasteiger partial charge in [0.2, 0.25) is 0 Å². The molecule has 0 fully saturated rings. The van der Waals surface area contributed by atoms with E-state index in [2.05, 4.69) is 106 Å². The molecule has 58 heavy (non-hydrogen) atoms. The summed E-state index contributed by atoms with van der Waals surface area (Å²) in [5.74, 6) is -0.978. The molecular weight excluding hydrogens is 721 g/mol. The lowest BCUT2D eigenvalue weighted by molar-refractivity contribution is -0.167. The normalized spacial score (nSPS) is 12.8. The van der Waals surface area contributed by atoms with Crippen molar-refractivity contribution in [3.63, 3.8) is 0 Å². The molecule has 0 aromatic rings. The Hall–Kier alpha value is -3.41. The molecule has 1 atom stereocenters. The van der Waals surface area contributed by atoms with Gasteiger partial charge in [-0.25, -0.2) is 0 Å². The van der Waals surface area contributed by atoms with Gasteiger partial charge in [-0.3, -0.25) is 14.4 Å². The average Bonchev–Trinajstić information content (AvgIpc) is 3.22. The van der Waals surface area contributed by atoms with Gasteiger partial charge in [-0.1, -0.05) is 189 Å². The number of carbonyl (C=O) groups excluding carboxylic acids is 3. The Morgan fingerprint density at radius 3 is 1.10 bits per heavy atom. The van der Waals surface area contributed by atoms with Crippen molar-refractivity contribution in [2.24, 2.45) is 0 Å². The van der Waals surface area contributed by atoms with Gasteiger partial charge in [-0.15, -0.1) is 0 Å². The molecule has 1 unspecified atom stereocenters. The molecule has 330 valence electrons. The summed E-state index contributed by atoms with van der Waals surface area (Å²) in [6, 6.07) is 0. The first kappa shape index (κ1) is 54.6. The number of allylic oxidation sites excluding steroid dienone is 14. The van der Waals surface area contributed by atoms with E-state index in [1.165, 1.54) is 57.8 Å². The van der Waals surface area contributed by atoms with Gasteiger partial charge in [0.25, 0.3) is 0 Å². The van der Waals surface area contributed by atoms with Crippen LogP contribution in [0, 0.1) is 0 Å². The number of unbranched alkanes of at least 4 members (excludes halogenated alkanes) is 16. The lowest BCUT2D eigenvalue weighted by Crippen LogP contribution is -2.30. The summed E-state index contributed by atoms with van der Waals surface area (Å²) in [4.78, 5) is 37.7. The summed E-state index contributed by atoms with van der Waals surface area (Å²) < 4.78 is 16.6. The Morgan fingerprint density at radius 1 is 0.362 bits per heavy atom. The molecule has 0 aromatic heterocycles. The Kier molecular flexibility index (Phi) is 43.6. The smallest absolute Gasteiger partial charge is 0.306 e. The minimum atomic E-state index is -0.805. The molecule has 0 radical (unpaired) electrons. The second-order valence-corrected chi connectivity index (χ2v) is 15.3. The van der Waals surface area contributed by atoms with E-state index in [9.17, 15) is 14.4 Å². The van der Waals surface area contributed by atoms with Crippen LogP contribution in [0.25, 0.3) is 0 Å². The summed E-state index contributed by atoms with van der Waals surface area (Å²) >= 11 is 0. The zero-order valence-corrected chi connectivity index (χ0v) is 37.5. The fourth-order valence-corrected chi connectivity index (χ4v) is 6.16. The molecule has 6 heteroatoms. The van der Waals surface area contributed by atoms with Crippen molar-refractivity contribution < 1.29 is 28.6 Å². The number of hydrogen-bond donors (Lipinski definition) is 0. The van der Waals surface area contributed by atoms with Gasteiger partial charge < -0.3 is 14.2 Å². The first-order valence-electron chi connectivity index (χ1n) is 23.6. The van der Waals surface area contributed by atoms with E-state index in [-0.39, 0.29) is 37.5 Å². The summed E-state index contributed by atoms with van der Waals surface area (Å²) in [6.07, 6.45) is 58.6. The van der Waals surface area contributed by atoms with Crippen molar-refractivity contribution in [2.75, 3.05) is 13.2 Å². The Labute approximate surface area is 356 Å². The standard InChI is InChI=1S/C52H86O6/c1-4-7-10-13-16-19-22-23-24-25-26-27-28-29-31-33-36-39-42-45-51(54)57-48-49(47-56-50(53)44-41-38-35-32-21-18-15-12-9-6-3)58-52(55)46-43-40-37-34-30-20-17-14-11-8-5-2/h7-8,10-11,16-17,19-20,23-24,26-27,34,37,49H,4-6,9,12-15,18,21-22,25,28-33,35-36,38-48H2,1-3H3/b10-7-,11-8-,19-16-,20-17-,24-23-,27-26-,37-34-. The van der Waals surface area contributed by atoms with Crippen molar-refractivity contribution in [3.8, 4) is 0 Å².